The third-order valence-electron chi connectivity index (χ3n) is 7.75. The van der Waals surface area contributed by atoms with Gasteiger partial charge in [0.25, 0.3) is 0 Å². The van der Waals surface area contributed by atoms with E-state index in [4.69, 9.17) is 16.3 Å². The Morgan fingerprint density at radius 2 is 1.88 bits per heavy atom. The van der Waals surface area contributed by atoms with Crippen LogP contribution in [0.2, 0.25) is 5.28 Å². The van der Waals surface area contributed by atoms with Crippen molar-refractivity contribution in [3.05, 3.63) is 94.9 Å². The molecule has 1 atom stereocenters. The second-order valence-corrected chi connectivity index (χ2v) is 10.8. The van der Waals surface area contributed by atoms with Gasteiger partial charge < -0.3 is 24.2 Å². The first-order chi connectivity index (χ1) is 20.4. The van der Waals surface area contributed by atoms with Crippen molar-refractivity contribution in [3.8, 4) is 11.8 Å². The Hall–Kier alpha value is -4.81. The van der Waals surface area contributed by atoms with Crippen molar-refractivity contribution in [2.24, 2.45) is 7.05 Å². The van der Waals surface area contributed by atoms with Crippen LogP contribution in [-0.2, 0) is 20.1 Å². The lowest BCUT2D eigenvalue weighted by Crippen LogP contribution is -2.55. The third-order valence-corrected chi connectivity index (χ3v) is 7.92. The number of carboxylic acid groups (broad SMARTS) is 1. The molecule has 10 heteroatoms. The van der Waals surface area contributed by atoms with Crippen molar-refractivity contribution < 1.29 is 14.6 Å². The Bertz CT molecular complexity index is 1820. The third kappa shape index (κ3) is 5.41. The largest absolute Gasteiger partial charge is 0.489 e. The van der Waals surface area contributed by atoms with Crippen molar-refractivity contribution in [3.63, 3.8) is 0 Å². The molecule has 1 saturated heterocycles. The summed E-state index contributed by atoms with van der Waals surface area (Å²) in [5.41, 5.74) is 4.74. The number of ether oxygens (including phenoxy) is 1. The molecule has 6 rings (SSSR count). The predicted molar refractivity (Wildman–Crippen MR) is 162 cm³/mol. The number of aryl methyl sites for hydroxylation is 1. The number of amides is 1. The molecule has 1 amide bonds. The molecular weight excluding hydrogens is 552 g/mol. The number of nitrogens with zero attached hydrogens (tertiary/aromatic N) is 6. The lowest BCUT2D eigenvalue weighted by atomic mass is 9.98. The molecule has 0 unspecified atom stereocenters. The smallest absolute Gasteiger partial charge is 0.407 e. The van der Waals surface area contributed by atoms with Gasteiger partial charge in [-0.25, -0.2) is 9.78 Å². The average Bonchev–Trinajstić information content (AvgIpc) is 3.30. The number of anilines is 1. The number of hydrogen-bond donors (Lipinski definition) is 1. The fraction of sp³-hybridized carbons (Fsp3) is 0.250. The van der Waals surface area contributed by atoms with E-state index in [-0.39, 0.29) is 18.2 Å². The van der Waals surface area contributed by atoms with E-state index >= 15 is 0 Å². The van der Waals surface area contributed by atoms with E-state index in [9.17, 15) is 15.2 Å². The summed E-state index contributed by atoms with van der Waals surface area (Å²) in [6.07, 6.45) is 1.71. The lowest BCUT2D eigenvalue weighted by Gasteiger charge is -2.39. The predicted octanol–water partition coefficient (Wildman–Crippen LogP) is 6.03. The quantitative estimate of drug-likeness (QED) is 0.234. The molecule has 1 N–H and O–H groups in total. The summed E-state index contributed by atoms with van der Waals surface area (Å²) in [7, 11) is 1.95. The molecule has 0 spiro atoms. The summed E-state index contributed by atoms with van der Waals surface area (Å²) in [5, 5.41) is 21.3. The van der Waals surface area contributed by atoms with Gasteiger partial charge in [-0.1, -0.05) is 54.6 Å². The molecule has 42 heavy (non-hydrogen) atoms. The number of halogens is 1. The minimum Gasteiger partial charge on any atom is -0.489 e. The molecule has 212 valence electrons. The van der Waals surface area contributed by atoms with Gasteiger partial charge in [0.2, 0.25) is 5.28 Å². The zero-order valence-electron chi connectivity index (χ0n) is 23.1. The summed E-state index contributed by atoms with van der Waals surface area (Å²) in [6.45, 7) is 1.52. The summed E-state index contributed by atoms with van der Waals surface area (Å²) < 4.78 is 8.21. The van der Waals surface area contributed by atoms with Crippen LogP contribution < -0.4 is 9.64 Å². The van der Waals surface area contributed by atoms with Crippen LogP contribution in [0.3, 0.4) is 0 Å². The minimum atomic E-state index is -1.02. The molecule has 1 aliphatic heterocycles. The molecule has 0 saturated carbocycles. The summed E-state index contributed by atoms with van der Waals surface area (Å²) in [6, 6.07) is 24.1. The fourth-order valence-corrected chi connectivity index (χ4v) is 5.95. The molecular formula is C32H29ClN6O3. The molecule has 3 aromatic carbocycles. The van der Waals surface area contributed by atoms with Crippen LogP contribution in [0.15, 0.2) is 72.9 Å². The van der Waals surface area contributed by atoms with Gasteiger partial charge in [-0.15, -0.1) is 0 Å². The molecule has 1 fully saturated rings. The van der Waals surface area contributed by atoms with Gasteiger partial charge in [-0.3, -0.25) is 0 Å². The van der Waals surface area contributed by atoms with E-state index in [1.54, 1.807) is 0 Å². The highest BCUT2D eigenvalue weighted by Gasteiger charge is 2.32. The Morgan fingerprint density at radius 3 is 2.67 bits per heavy atom. The molecule has 9 nitrogen and oxygen atoms in total. The van der Waals surface area contributed by atoms with Crippen molar-refractivity contribution in [1.29, 1.82) is 5.26 Å². The van der Waals surface area contributed by atoms with Gasteiger partial charge in [-0.05, 0) is 45.6 Å². The number of fused-ring (bicyclic) bond motifs is 2. The molecule has 5 aromatic rings. The highest BCUT2D eigenvalue weighted by Crippen LogP contribution is 2.34. The van der Waals surface area contributed by atoms with Gasteiger partial charge >= 0.3 is 6.09 Å². The van der Waals surface area contributed by atoms with E-state index in [1.165, 1.54) is 4.90 Å². The molecule has 0 bridgehead atoms. The molecule has 1 aliphatic rings. The normalized spacial score (nSPS) is 15.2. The van der Waals surface area contributed by atoms with Crippen molar-refractivity contribution >= 4 is 45.3 Å². The van der Waals surface area contributed by atoms with E-state index in [1.807, 2.05) is 65.2 Å². The minimum absolute atomic E-state index is 0.0961. The van der Waals surface area contributed by atoms with Crippen LogP contribution in [0.25, 0.3) is 21.8 Å². The van der Waals surface area contributed by atoms with Crippen LogP contribution >= 0.6 is 11.6 Å². The number of hydrogen-bond acceptors (Lipinski definition) is 6. The number of nitriles is 1. The highest BCUT2D eigenvalue weighted by molar-refractivity contribution is 6.28. The van der Waals surface area contributed by atoms with E-state index in [0.717, 1.165) is 44.2 Å². The maximum Gasteiger partial charge on any atom is 0.407 e. The van der Waals surface area contributed by atoms with Crippen molar-refractivity contribution in [1.82, 2.24) is 19.4 Å². The van der Waals surface area contributed by atoms with Gasteiger partial charge in [0, 0.05) is 44.9 Å². The lowest BCUT2D eigenvalue weighted by molar-refractivity contribution is 0.119. The first kappa shape index (κ1) is 27.4. The van der Waals surface area contributed by atoms with Gasteiger partial charge in [0.05, 0.1) is 24.0 Å². The number of benzene rings is 3. The van der Waals surface area contributed by atoms with Crippen LogP contribution in [0.1, 0.15) is 23.1 Å². The fourth-order valence-electron chi connectivity index (χ4n) is 5.79. The van der Waals surface area contributed by atoms with Gasteiger partial charge in [0.15, 0.2) is 5.82 Å². The summed E-state index contributed by atoms with van der Waals surface area (Å²) in [4.78, 5) is 24.3. The van der Waals surface area contributed by atoms with E-state index < -0.39 is 12.1 Å². The van der Waals surface area contributed by atoms with Crippen LogP contribution in [-0.4, -0.2) is 56.3 Å². The monoisotopic (exact) mass is 580 g/mol. The van der Waals surface area contributed by atoms with E-state index in [0.29, 0.717) is 31.9 Å². The molecule has 3 heterocycles. The highest BCUT2D eigenvalue weighted by atomic mass is 35.5. The standard InChI is InChI=1S/C32H29ClN6O3/c1-37-18-24(15-23-17-26(16-22-9-5-6-10-27(22)23)42-20-21-7-3-2-4-8-21)28-29(37)30(36-31(33)35-28)38-13-14-39(32(40)41)25(19-38)11-12-34/h2-10,16-18,25H,11,13-15,19-20H2,1H3,(H,40,41)/t25-/m0/s1. The zero-order chi connectivity index (χ0) is 29.2. The maximum absolute atomic E-state index is 11.7. The summed E-state index contributed by atoms with van der Waals surface area (Å²) >= 11 is 6.49. The second-order valence-electron chi connectivity index (χ2n) is 10.5. The van der Waals surface area contributed by atoms with Crippen molar-refractivity contribution in [2.45, 2.75) is 25.5 Å². The van der Waals surface area contributed by atoms with Gasteiger partial charge in [-0.2, -0.15) is 10.2 Å². The Labute approximate surface area is 248 Å². The maximum atomic E-state index is 11.7. The zero-order valence-corrected chi connectivity index (χ0v) is 23.8. The van der Waals surface area contributed by atoms with Gasteiger partial charge in [0.1, 0.15) is 17.9 Å². The van der Waals surface area contributed by atoms with Crippen LogP contribution in [0, 0.1) is 11.3 Å². The average molecular weight is 581 g/mol. The molecule has 0 aliphatic carbocycles. The Morgan fingerprint density at radius 1 is 1.10 bits per heavy atom. The molecule has 2 aromatic heterocycles. The Kier molecular flexibility index (Phi) is 7.55. The number of rotatable bonds is 7. The van der Waals surface area contributed by atoms with Crippen LogP contribution in [0.5, 0.6) is 5.75 Å². The first-order valence-corrected chi connectivity index (χ1v) is 14.1. The van der Waals surface area contributed by atoms with Crippen LogP contribution in [0.4, 0.5) is 10.6 Å². The topological polar surface area (TPSA) is 108 Å². The first-order valence-electron chi connectivity index (χ1n) is 13.7. The van der Waals surface area contributed by atoms with E-state index in [2.05, 4.69) is 40.3 Å². The summed E-state index contributed by atoms with van der Waals surface area (Å²) in [5.74, 6) is 1.43. The number of aromatic nitrogens is 3. The number of piperazine rings is 1. The van der Waals surface area contributed by atoms with Crippen molar-refractivity contribution in [2.75, 3.05) is 24.5 Å². The Balaban J connectivity index is 1.36. The molecule has 0 radical (unpaired) electrons. The second kappa shape index (κ2) is 11.6. The number of carbonyl (C=O) groups is 1. The SMILES string of the molecule is Cn1cc(Cc2cc(OCc3ccccc3)cc3ccccc23)c2nc(Cl)nc(N3CCN(C(=O)O)[C@@H](CC#N)C3)c21.